The minimum absolute atomic E-state index is 0.0377. The molecular formula is C23H28FN3O2. The second kappa shape index (κ2) is 9.18. The van der Waals surface area contributed by atoms with Crippen molar-refractivity contribution >= 4 is 11.8 Å². The maximum absolute atomic E-state index is 14.2. The van der Waals surface area contributed by atoms with Crippen LogP contribution in [0, 0.1) is 5.82 Å². The van der Waals surface area contributed by atoms with Gasteiger partial charge in [0.25, 0.3) is 5.91 Å². The number of halogens is 1. The first-order valence-electron chi connectivity index (χ1n) is 9.90. The predicted octanol–water partition coefficient (Wildman–Crippen LogP) is 2.98. The molecule has 1 fully saturated rings. The Bertz CT molecular complexity index is 867. The fraction of sp³-hybridized carbons (Fsp3) is 0.391. The summed E-state index contributed by atoms with van der Waals surface area (Å²) in [4.78, 5) is 30.2. The molecule has 0 radical (unpaired) electrons. The van der Waals surface area contributed by atoms with Gasteiger partial charge >= 0.3 is 0 Å². The highest BCUT2D eigenvalue weighted by Crippen LogP contribution is 2.26. The summed E-state index contributed by atoms with van der Waals surface area (Å²) in [6, 6.07) is 14.0. The van der Waals surface area contributed by atoms with Crippen LogP contribution in [-0.4, -0.2) is 67.3 Å². The molecule has 5 nitrogen and oxygen atoms in total. The topological polar surface area (TPSA) is 43.9 Å². The molecule has 1 atom stereocenters. The van der Waals surface area contributed by atoms with E-state index in [1.54, 1.807) is 38.4 Å². The number of carbonyl (C=O) groups excluding carboxylic acids is 2. The third-order valence-electron chi connectivity index (χ3n) is 5.50. The van der Waals surface area contributed by atoms with E-state index >= 15 is 0 Å². The van der Waals surface area contributed by atoms with E-state index in [9.17, 15) is 14.0 Å². The molecule has 1 unspecified atom stereocenters. The zero-order chi connectivity index (χ0) is 21.0. The lowest BCUT2D eigenvalue weighted by molar-refractivity contribution is -0.134. The highest BCUT2D eigenvalue weighted by atomic mass is 19.1. The molecule has 1 aliphatic rings. The number of amides is 2. The van der Waals surface area contributed by atoms with Crippen molar-refractivity contribution < 1.29 is 14.0 Å². The summed E-state index contributed by atoms with van der Waals surface area (Å²) in [7, 11) is 5.41. The number of carbonyl (C=O) groups is 2. The highest BCUT2D eigenvalue weighted by Gasteiger charge is 2.29. The van der Waals surface area contributed by atoms with Crippen molar-refractivity contribution in [2.24, 2.45) is 0 Å². The summed E-state index contributed by atoms with van der Waals surface area (Å²) in [5, 5.41) is 0. The highest BCUT2D eigenvalue weighted by molar-refractivity contribution is 5.93. The quantitative estimate of drug-likeness (QED) is 0.779. The second-order valence-electron chi connectivity index (χ2n) is 7.75. The van der Waals surface area contributed by atoms with E-state index < -0.39 is 0 Å². The molecule has 1 saturated heterocycles. The molecule has 1 heterocycles. The minimum Gasteiger partial charge on any atom is -0.345 e. The summed E-state index contributed by atoms with van der Waals surface area (Å²) in [6.07, 6.45) is 1.01. The zero-order valence-electron chi connectivity index (χ0n) is 17.3. The van der Waals surface area contributed by atoms with Crippen LogP contribution in [0.15, 0.2) is 48.5 Å². The fourth-order valence-electron chi connectivity index (χ4n) is 3.66. The number of likely N-dealkylation sites (N-methyl/N-ethyl adjacent to an activating group) is 1. The van der Waals surface area contributed by atoms with E-state index in [0.717, 1.165) is 5.56 Å². The van der Waals surface area contributed by atoms with Crippen LogP contribution in [0.3, 0.4) is 0 Å². The van der Waals surface area contributed by atoms with Gasteiger partial charge in [-0.3, -0.25) is 14.5 Å². The zero-order valence-corrected chi connectivity index (χ0v) is 17.3. The summed E-state index contributed by atoms with van der Waals surface area (Å²) < 4.78 is 14.2. The number of nitrogens with zero attached hydrogens (tertiary/aromatic N) is 3. The van der Waals surface area contributed by atoms with Gasteiger partial charge in [0.05, 0.1) is 6.04 Å². The van der Waals surface area contributed by atoms with Crippen LogP contribution in [0.1, 0.15) is 33.9 Å². The molecule has 0 aliphatic carbocycles. The predicted molar refractivity (Wildman–Crippen MR) is 111 cm³/mol. The number of rotatable bonds is 5. The van der Waals surface area contributed by atoms with E-state index in [2.05, 4.69) is 4.90 Å². The molecule has 6 heteroatoms. The molecule has 1 aliphatic heterocycles. The lowest BCUT2D eigenvalue weighted by Crippen LogP contribution is -2.49. The number of benzene rings is 2. The van der Waals surface area contributed by atoms with Crippen LogP contribution in [-0.2, 0) is 11.2 Å². The molecule has 2 aromatic carbocycles. The van der Waals surface area contributed by atoms with E-state index in [-0.39, 0.29) is 23.7 Å². The van der Waals surface area contributed by atoms with Crippen LogP contribution in [0.2, 0.25) is 0 Å². The van der Waals surface area contributed by atoms with E-state index in [1.165, 1.54) is 11.0 Å². The Kier molecular flexibility index (Phi) is 6.64. The van der Waals surface area contributed by atoms with Crippen molar-refractivity contribution in [1.29, 1.82) is 0 Å². The molecule has 29 heavy (non-hydrogen) atoms. The first-order valence-corrected chi connectivity index (χ1v) is 9.90. The Morgan fingerprint density at radius 2 is 1.76 bits per heavy atom. The number of hydrogen-bond donors (Lipinski definition) is 0. The van der Waals surface area contributed by atoms with Crippen molar-refractivity contribution in [1.82, 2.24) is 14.7 Å². The van der Waals surface area contributed by atoms with Crippen LogP contribution < -0.4 is 0 Å². The number of piperazine rings is 1. The third kappa shape index (κ3) is 5.01. The van der Waals surface area contributed by atoms with E-state index in [1.807, 2.05) is 30.1 Å². The van der Waals surface area contributed by atoms with Gasteiger partial charge in [-0.15, -0.1) is 0 Å². The molecular weight excluding hydrogens is 369 g/mol. The average Bonchev–Trinajstić information content (AvgIpc) is 2.72. The SMILES string of the molecule is CN(C)C(=O)c1ccc(CCC(=O)N2CCN(C)C(c3ccccc3F)C2)cc1. The molecule has 0 saturated carbocycles. The summed E-state index contributed by atoms with van der Waals surface area (Å²) in [6.45, 7) is 1.86. The van der Waals surface area contributed by atoms with E-state index in [0.29, 0.717) is 43.6 Å². The minimum atomic E-state index is -0.231. The van der Waals surface area contributed by atoms with E-state index in [4.69, 9.17) is 0 Å². The van der Waals surface area contributed by atoms with Gasteiger partial charge < -0.3 is 9.80 Å². The standard InChI is InChI=1S/C23H28FN3O2/c1-25(2)23(29)18-11-8-17(9-12-18)10-13-22(28)27-15-14-26(3)21(16-27)19-6-4-5-7-20(19)24/h4-9,11-12,21H,10,13-16H2,1-3H3. The Hall–Kier alpha value is -2.73. The molecule has 0 aromatic heterocycles. The van der Waals surface area contributed by atoms with Gasteiger partial charge in [0.2, 0.25) is 5.91 Å². The van der Waals surface area contributed by atoms with Gasteiger partial charge in [0.1, 0.15) is 5.82 Å². The molecule has 2 amide bonds. The second-order valence-corrected chi connectivity index (χ2v) is 7.75. The van der Waals surface area contributed by atoms with Crippen LogP contribution >= 0.6 is 0 Å². The molecule has 0 N–H and O–H groups in total. The first kappa shape index (κ1) is 21.0. The van der Waals surface area contributed by atoms with Gasteiger partial charge in [0.15, 0.2) is 0 Å². The molecule has 0 spiro atoms. The molecule has 2 aromatic rings. The summed E-state index contributed by atoms with van der Waals surface area (Å²) in [5.74, 6) is -0.192. The Morgan fingerprint density at radius 1 is 1.07 bits per heavy atom. The Morgan fingerprint density at radius 3 is 2.41 bits per heavy atom. The lowest BCUT2D eigenvalue weighted by Gasteiger charge is -2.40. The molecule has 0 bridgehead atoms. The van der Waals surface area contributed by atoms with Crippen molar-refractivity contribution in [3.63, 3.8) is 0 Å². The van der Waals surface area contributed by atoms with Crippen molar-refractivity contribution in [2.45, 2.75) is 18.9 Å². The maximum Gasteiger partial charge on any atom is 0.253 e. The third-order valence-corrected chi connectivity index (χ3v) is 5.50. The van der Waals surface area contributed by atoms with Gasteiger partial charge in [-0.25, -0.2) is 4.39 Å². The molecule has 3 rings (SSSR count). The van der Waals surface area contributed by atoms with Crippen LogP contribution in [0.4, 0.5) is 4.39 Å². The average molecular weight is 397 g/mol. The fourth-order valence-corrected chi connectivity index (χ4v) is 3.66. The van der Waals surface area contributed by atoms with Crippen molar-refractivity contribution in [2.75, 3.05) is 40.8 Å². The Balaban J connectivity index is 1.59. The van der Waals surface area contributed by atoms with Gasteiger partial charge in [-0.05, 0) is 37.2 Å². The van der Waals surface area contributed by atoms with Crippen LogP contribution in [0.5, 0.6) is 0 Å². The molecule has 154 valence electrons. The number of hydrogen-bond acceptors (Lipinski definition) is 3. The lowest BCUT2D eigenvalue weighted by atomic mass is 10.0. The van der Waals surface area contributed by atoms with Crippen LogP contribution in [0.25, 0.3) is 0 Å². The smallest absolute Gasteiger partial charge is 0.253 e. The van der Waals surface area contributed by atoms with Gasteiger partial charge in [-0.2, -0.15) is 0 Å². The number of aryl methyl sites for hydroxylation is 1. The normalized spacial score (nSPS) is 17.2. The van der Waals surface area contributed by atoms with Gasteiger partial charge in [0, 0.05) is 51.3 Å². The van der Waals surface area contributed by atoms with Crippen molar-refractivity contribution in [3.8, 4) is 0 Å². The maximum atomic E-state index is 14.2. The summed E-state index contributed by atoms with van der Waals surface area (Å²) >= 11 is 0. The van der Waals surface area contributed by atoms with Gasteiger partial charge in [-0.1, -0.05) is 30.3 Å². The monoisotopic (exact) mass is 397 g/mol. The Labute approximate surface area is 171 Å². The summed E-state index contributed by atoms with van der Waals surface area (Å²) in [5.41, 5.74) is 2.29. The van der Waals surface area contributed by atoms with Crippen molar-refractivity contribution in [3.05, 3.63) is 71.0 Å². The first-order chi connectivity index (χ1) is 13.9. The largest absolute Gasteiger partial charge is 0.345 e.